The molecule has 3 heterocycles. The number of fused-ring (bicyclic) bond motifs is 2. The highest BCUT2D eigenvalue weighted by Crippen LogP contribution is 2.24. The Balaban J connectivity index is 1.69. The fourth-order valence-corrected chi connectivity index (χ4v) is 3.57. The number of carbonyl (C=O) groups is 2. The average Bonchev–Trinajstić information content (AvgIpc) is 3.00. The zero-order valence-electron chi connectivity index (χ0n) is 15.1. The first-order chi connectivity index (χ1) is 14.1. The SMILES string of the molecule is O=C1c2ccccc2C(=O)N1Cc1nc2ccccc2c(=O)n1-c1ccncc1. The third kappa shape index (κ3) is 2.63. The average molecular weight is 382 g/mol. The summed E-state index contributed by atoms with van der Waals surface area (Å²) < 4.78 is 1.42. The van der Waals surface area contributed by atoms with E-state index in [0.29, 0.717) is 33.5 Å². The summed E-state index contributed by atoms with van der Waals surface area (Å²) in [6.45, 7) is -0.116. The van der Waals surface area contributed by atoms with Crippen LogP contribution in [0.4, 0.5) is 0 Å². The minimum atomic E-state index is -0.394. The number of amides is 2. The number of hydrogen-bond donors (Lipinski definition) is 0. The lowest BCUT2D eigenvalue weighted by Gasteiger charge is -2.18. The molecule has 2 aromatic carbocycles. The van der Waals surface area contributed by atoms with E-state index < -0.39 is 11.8 Å². The van der Waals surface area contributed by atoms with Crippen molar-refractivity contribution in [2.45, 2.75) is 6.54 Å². The summed E-state index contributed by atoms with van der Waals surface area (Å²) in [5.41, 5.74) is 1.52. The molecule has 2 aromatic heterocycles. The van der Waals surface area contributed by atoms with Crippen LogP contribution in [0.5, 0.6) is 0 Å². The highest BCUT2D eigenvalue weighted by atomic mass is 16.2. The van der Waals surface area contributed by atoms with E-state index in [0.717, 1.165) is 4.90 Å². The number of hydrogen-bond acceptors (Lipinski definition) is 5. The molecule has 7 nitrogen and oxygen atoms in total. The summed E-state index contributed by atoms with van der Waals surface area (Å²) in [7, 11) is 0. The van der Waals surface area contributed by atoms with Gasteiger partial charge in [0.05, 0.1) is 34.3 Å². The Hall–Kier alpha value is -4.13. The van der Waals surface area contributed by atoms with Crippen LogP contribution < -0.4 is 5.56 Å². The Labute approximate surface area is 164 Å². The molecule has 0 bridgehead atoms. The van der Waals surface area contributed by atoms with E-state index in [4.69, 9.17) is 0 Å². The molecule has 0 aliphatic carbocycles. The first-order valence-corrected chi connectivity index (χ1v) is 9.01. The summed E-state index contributed by atoms with van der Waals surface area (Å²) in [6.07, 6.45) is 3.14. The Kier molecular flexibility index (Phi) is 3.80. The van der Waals surface area contributed by atoms with Crippen molar-refractivity contribution < 1.29 is 9.59 Å². The van der Waals surface area contributed by atoms with Crippen molar-refractivity contribution in [3.8, 4) is 5.69 Å². The Morgan fingerprint density at radius 1 is 0.759 bits per heavy atom. The van der Waals surface area contributed by atoms with E-state index >= 15 is 0 Å². The lowest BCUT2D eigenvalue weighted by atomic mass is 10.1. The lowest BCUT2D eigenvalue weighted by Crippen LogP contribution is -2.33. The van der Waals surface area contributed by atoms with Crippen molar-refractivity contribution in [1.29, 1.82) is 0 Å². The Morgan fingerprint density at radius 2 is 1.38 bits per heavy atom. The van der Waals surface area contributed by atoms with Gasteiger partial charge in [0.15, 0.2) is 0 Å². The first-order valence-electron chi connectivity index (χ1n) is 9.01. The van der Waals surface area contributed by atoms with Gasteiger partial charge in [-0.3, -0.25) is 28.8 Å². The van der Waals surface area contributed by atoms with E-state index in [2.05, 4.69) is 9.97 Å². The van der Waals surface area contributed by atoms with Crippen LogP contribution in [-0.4, -0.2) is 31.2 Å². The fraction of sp³-hybridized carbons (Fsp3) is 0.0455. The van der Waals surface area contributed by atoms with Crippen molar-refractivity contribution >= 4 is 22.7 Å². The van der Waals surface area contributed by atoms with Gasteiger partial charge in [0.2, 0.25) is 0 Å². The number of carbonyl (C=O) groups excluding carboxylic acids is 2. The number of imide groups is 1. The third-order valence-electron chi connectivity index (χ3n) is 4.94. The standard InChI is InChI=1S/C22H14N4O3/c27-20-15-5-1-2-6-16(15)21(28)25(20)13-19-24-18-8-4-3-7-17(18)22(29)26(19)14-9-11-23-12-10-14/h1-12H,13H2. The molecule has 0 saturated heterocycles. The zero-order chi connectivity index (χ0) is 20.0. The number of nitrogens with zero attached hydrogens (tertiary/aromatic N) is 4. The lowest BCUT2D eigenvalue weighted by molar-refractivity contribution is 0.0637. The van der Waals surface area contributed by atoms with Gasteiger partial charge in [-0.1, -0.05) is 24.3 Å². The van der Waals surface area contributed by atoms with Crippen LogP contribution >= 0.6 is 0 Å². The van der Waals surface area contributed by atoms with Gasteiger partial charge < -0.3 is 0 Å². The maximum atomic E-state index is 13.2. The molecule has 0 spiro atoms. The van der Waals surface area contributed by atoms with Crippen molar-refractivity contribution in [2.75, 3.05) is 0 Å². The van der Waals surface area contributed by atoms with Gasteiger partial charge in [-0.15, -0.1) is 0 Å². The molecule has 0 saturated carbocycles. The van der Waals surface area contributed by atoms with Crippen LogP contribution in [0.15, 0.2) is 77.9 Å². The summed E-state index contributed by atoms with van der Waals surface area (Å²) in [5.74, 6) is -0.488. The number of rotatable bonds is 3. The van der Waals surface area contributed by atoms with Crippen molar-refractivity contribution in [1.82, 2.24) is 19.4 Å². The third-order valence-corrected chi connectivity index (χ3v) is 4.94. The van der Waals surface area contributed by atoms with Gasteiger partial charge in [-0.05, 0) is 36.4 Å². The number of aromatic nitrogens is 3. The minimum Gasteiger partial charge on any atom is -0.269 e. The quantitative estimate of drug-likeness (QED) is 0.509. The Morgan fingerprint density at radius 3 is 2.07 bits per heavy atom. The van der Waals surface area contributed by atoms with Crippen molar-refractivity contribution in [3.05, 3.63) is 100 Å². The van der Waals surface area contributed by atoms with E-state index in [1.807, 2.05) is 0 Å². The highest BCUT2D eigenvalue weighted by Gasteiger charge is 2.36. The molecule has 0 atom stereocenters. The first kappa shape index (κ1) is 17.0. The normalized spacial score (nSPS) is 13.2. The van der Waals surface area contributed by atoms with Gasteiger partial charge in [-0.25, -0.2) is 4.98 Å². The van der Waals surface area contributed by atoms with Gasteiger partial charge in [0.1, 0.15) is 5.82 Å². The molecule has 4 aromatic rings. The second-order valence-electron chi connectivity index (χ2n) is 6.63. The molecule has 1 aliphatic heterocycles. The molecule has 2 amide bonds. The molecule has 0 unspecified atom stereocenters. The van der Waals surface area contributed by atoms with Crippen LogP contribution in [0.25, 0.3) is 16.6 Å². The van der Waals surface area contributed by atoms with Gasteiger partial charge in [0.25, 0.3) is 17.4 Å². The molecule has 7 heteroatoms. The summed E-state index contributed by atoms with van der Waals surface area (Å²) in [4.78, 5) is 48.5. The minimum absolute atomic E-state index is 0.116. The fourth-order valence-electron chi connectivity index (χ4n) is 3.57. The smallest absolute Gasteiger partial charge is 0.266 e. The second kappa shape index (κ2) is 6.49. The summed E-state index contributed by atoms with van der Waals surface area (Å²) in [6, 6.07) is 17.0. The Bertz CT molecular complexity index is 1310. The van der Waals surface area contributed by atoms with E-state index in [-0.39, 0.29) is 12.1 Å². The molecule has 1 aliphatic rings. The van der Waals surface area contributed by atoms with Crippen LogP contribution in [0.3, 0.4) is 0 Å². The predicted octanol–water partition coefficient (Wildman–Crippen LogP) is 2.58. The zero-order valence-corrected chi connectivity index (χ0v) is 15.1. The molecule has 0 fully saturated rings. The molecule has 140 valence electrons. The van der Waals surface area contributed by atoms with Gasteiger partial charge in [-0.2, -0.15) is 0 Å². The number of para-hydroxylation sites is 1. The maximum Gasteiger partial charge on any atom is 0.266 e. The molecular formula is C22H14N4O3. The molecule has 0 radical (unpaired) electrons. The van der Waals surface area contributed by atoms with Gasteiger partial charge in [0, 0.05) is 12.4 Å². The number of benzene rings is 2. The van der Waals surface area contributed by atoms with Crippen LogP contribution in [0.2, 0.25) is 0 Å². The number of pyridine rings is 1. The highest BCUT2D eigenvalue weighted by molar-refractivity contribution is 6.21. The van der Waals surface area contributed by atoms with Crippen LogP contribution in [0, 0.1) is 0 Å². The predicted molar refractivity (Wildman–Crippen MR) is 106 cm³/mol. The topological polar surface area (TPSA) is 85.2 Å². The van der Waals surface area contributed by atoms with E-state index in [9.17, 15) is 14.4 Å². The molecule has 29 heavy (non-hydrogen) atoms. The molecular weight excluding hydrogens is 368 g/mol. The molecule has 0 N–H and O–H groups in total. The summed E-state index contributed by atoms with van der Waals surface area (Å²) >= 11 is 0. The largest absolute Gasteiger partial charge is 0.269 e. The van der Waals surface area contributed by atoms with Crippen molar-refractivity contribution in [3.63, 3.8) is 0 Å². The molecule has 5 rings (SSSR count). The van der Waals surface area contributed by atoms with Crippen LogP contribution in [-0.2, 0) is 6.54 Å². The van der Waals surface area contributed by atoms with Gasteiger partial charge >= 0.3 is 0 Å². The van der Waals surface area contributed by atoms with E-state index in [1.165, 1.54) is 4.57 Å². The van der Waals surface area contributed by atoms with Crippen molar-refractivity contribution in [2.24, 2.45) is 0 Å². The second-order valence-corrected chi connectivity index (χ2v) is 6.63. The monoisotopic (exact) mass is 382 g/mol. The summed E-state index contributed by atoms with van der Waals surface area (Å²) in [5, 5.41) is 0.454. The van der Waals surface area contributed by atoms with E-state index in [1.54, 1.807) is 73.1 Å². The maximum absolute atomic E-state index is 13.2. The van der Waals surface area contributed by atoms with Crippen LogP contribution in [0.1, 0.15) is 26.5 Å².